The Labute approximate surface area is 168 Å². The van der Waals surface area contributed by atoms with Crippen molar-refractivity contribution in [1.82, 2.24) is 10.2 Å². The van der Waals surface area contributed by atoms with Crippen molar-refractivity contribution in [2.45, 2.75) is 51.8 Å². The van der Waals surface area contributed by atoms with Crippen molar-refractivity contribution in [3.8, 4) is 0 Å². The van der Waals surface area contributed by atoms with E-state index in [9.17, 15) is 4.79 Å². The minimum Gasteiger partial charge on any atom is -0.379 e. The van der Waals surface area contributed by atoms with E-state index in [-0.39, 0.29) is 23.5 Å². The molecular weight excluding hydrogens is 354 g/mol. The first-order chi connectivity index (χ1) is 13.3. The molecule has 0 aromatic heterocycles. The van der Waals surface area contributed by atoms with Gasteiger partial charge in [0.05, 0.1) is 25.4 Å². The lowest BCUT2D eigenvalue weighted by atomic mass is 9.54. The van der Waals surface area contributed by atoms with Crippen molar-refractivity contribution in [1.29, 1.82) is 0 Å². The molecule has 1 aromatic carbocycles. The lowest BCUT2D eigenvalue weighted by Crippen LogP contribution is -2.76. The molecule has 0 bridgehead atoms. The normalized spacial score (nSPS) is 28.4. The van der Waals surface area contributed by atoms with Crippen molar-refractivity contribution < 1.29 is 14.3 Å². The molecule has 1 aliphatic carbocycles. The number of aryl methyl sites for hydroxylation is 1. The average Bonchev–Trinajstić information content (AvgIpc) is 2.68. The largest absolute Gasteiger partial charge is 0.379 e. The van der Waals surface area contributed by atoms with Gasteiger partial charge in [-0.3, -0.25) is 9.69 Å². The summed E-state index contributed by atoms with van der Waals surface area (Å²) in [5.41, 5.74) is 7.70. The third kappa shape index (κ3) is 3.96. The summed E-state index contributed by atoms with van der Waals surface area (Å²) in [5.74, 6) is -0.0839. The summed E-state index contributed by atoms with van der Waals surface area (Å²) < 4.78 is 11.3. The number of amides is 1. The Morgan fingerprint density at radius 1 is 1.39 bits per heavy atom. The topological polar surface area (TPSA) is 76.8 Å². The van der Waals surface area contributed by atoms with Gasteiger partial charge in [0.25, 0.3) is 0 Å². The van der Waals surface area contributed by atoms with Crippen LogP contribution in [0.1, 0.15) is 44.4 Å². The molecule has 1 saturated heterocycles. The molecule has 0 spiro atoms. The van der Waals surface area contributed by atoms with Crippen LogP contribution in [-0.2, 0) is 14.3 Å². The number of carbonyl (C=O) groups is 1. The van der Waals surface area contributed by atoms with Crippen LogP contribution in [0.4, 0.5) is 0 Å². The Morgan fingerprint density at radius 2 is 2.11 bits per heavy atom. The Morgan fingerprint density at radius 3 is 2.71 bits per heavy atom. The van der Waals surface area contributed by atoms with Crippen LogP contribution in [0.3, 0.4) is 0 Å². The van der Waals surface area contributed by atoms with E-state index in [1.54, 1.807) is 0 Å². The van der Waals surface area contributed by atoms with E-state index < -0.39 is 5.54 Å². The Balaban J connectivity index is 1.70. The second-order valence-corrected chi connectivity index (χ2v) is 8.63. The molecule has 3 N–H and O–H groups in total. The second-order valence-electron chi connectivity index (χ2n) is 8.63. The molecular formula is C22H35N3O3. The van der Waals surface area contributed by atoms with E-state index in [1.807, 2.05) is 20.8 Å². The van der Waals surface area contributed by atoms with Gasteiger partial charge < -0.3 is 20.5 Å². The maximum absolute atomic E-state index is 13.1. The van der Waals surface area contributed by atoms with Crippen LogP contribution in [-0.4, -0.2) is 61.9 Å². The van der Waals surface area contributed by atoms with Crippen molar-refractivity contribution in [3.05, 3.63) is 35.4 Å². The second kappa shape index (κ2) is 8.49. The fourth-order valence-corrected chi connectivity index (χ4v) is 4.39. The van der Waals surface area contributed by atoms with Crippen LogP contribution >= 0.6 is 0 Å². The van der Waals surface area contributed by atoms with Gasteiger partial charge in [0.1, 0.15) is 5.54 Å². The van der Waals surface area contributed by atoms with Crippen LogP contribution < -0.4 is 11.1 Å². The first-order valence-electron chi connectivity index (χ1n) is 10.4. The number of carbonyl (C=O) groups excluding carboxylic acids is 1. The number of nitrogens with two attached hydrogens (primary N) is 1. The van der Waals surface area contributed by atoms with Gasteiger partial charge in [0.2, 0.25) is 5.91 Å². The Kier molecular flexibility index (Phi) is 6.44. The maximum atomic E-state index is 13.1. The van der Waals surface area contributed by atoms with Crippen LogP contribution in [0.2, 0.25) is 0 Å². The molecule has 3 atom stereocenters. The standard InChI is InChI=1S/C22H35N3O3/c1-5-28-19-14-22(23,21(19,3)4)20(26)24-15-18(25-9-11-27-12-10-25)17-8-6-7-16(2)13-17/h6-8,13,18-19H,5,9-12,14-15,23H2,1-4H3,(H,24,26). The molecule has 6 heteroatoms. The fraction of sp³-hybridized carbons (Fsp3) is 0.682. The third-order valence-electron chi connectivity index (χ3n) is 6.60. The van der Waals surface area contributed by atoms with E-state index >= 15 is 0 Å². The van der Waals surface area contributed by atoms with Gasteiger partial charge in [-0.05, 0) is 19.4 Å². The molecule has 3 unspecified atom stereocenters. The molecule has 3 rings (SSSR count). The minimum absolute atomic E-state index is 0.0278. The third-order valence-corrected chi connectivity index (χ3v) is 6.60. The van der Waals surface area contributed by atoms with Crippen LogP contribution in [0.25, 0.3) is 0 Å². The molecule has 1 heterocycles. The van der Waals surface area contributed by atoms with E-state index in [1.165, 1.54) is 11.1 Å². The van der Waals surface area contributed by atoms with Crippen LogP contribution in [0.15, 0.2) is 24.3 Å². The summed E-state index contributed by atoms with van der Waals surface area (Å²) in [7, 11) is 0. The monoisotopic (exact) mass is 389 g/mol. The molecule has 6 nitrogen and oxygen atoms in total. The number of hydrogen-bond acceptors (Lipinski definition) is 5. The smallest absolute Gasteiger partial charge is 0.240 e. The highest BCUT2D eigenvalue weighted by Crippen LogP contribution is 2.49. The number of morpholine rings is 1. The van der Waals surface area contributed by atoms with Gasteiger partial charge in [-0.2, -0.15) is 0 Å². The van der Waals surface area contributed by atoms with E-state index in [0.29, 0.717) is 19.6 Å². The van der Waals surface area contributed by atoms with E-state index in [4.69, 9.17) is 15.2 Å². The highest BCUT2D eigenvalue weighted by atomic mass is 16.5. The van der Waals surface area contributed by atoms with Crippen LogP contribution in [0, 0.1) is 12.3 Å². The number of rotatable bonds is 7. The molecule has 1 saturated carbocycles. The molecule has 1 aromatic rings. The number of nitrogens with zero attached hydrogens (tertiary/aromatic N) is 1. The minimum atomic E-state index is -0.894. The van der Waals surface area contributed by atoms with Crippen molar-refractivity contribution >= 4 is 5.91 Å². The molecule has 1 aliphatic heterocycles. The Hall–Kier alpha value is -1.47. The lowest BCUT2D eigenvalue weighted by Gasteiger charge is -2.57. The van der Waals surface area contributed by atoms with Gasteiger partial charge in [-0.15, -0.1) is 0 Å². The zero-order valence-electron chi connectivity index (χ0n) is 17.7. The molecule has 0 radical (unpaired) electrons. The average molecular weight is 390 g/mol. The molecule has 1 amide bonds. The summed E-state index contributed by atoms with van der Waals surface area (Å²) in [6, 6.07) is 8.62. The SMILES string of the molecule is CCOC1CC(N)(C(=O)NCC(c2cccc(C)c2)N2CCOCC2)C1(C)C. The quantitative estimate of drug-likeness (QED) is 0.746. The Bertz CT molecular complexity index is 687. The number of hydrogen-bond donors (Lipinski definition) is 2. The summed E-state index contributed by atoms with van der Waals surface area (Å²) in [5, 5.41) is 3.16. The predicted octanol–water partition coefficient (Wildman–Crippen LogP) is 2.02. The van der Waals surface area contributed by atoms with Gasteiger partial charge in [0, 0.05) is 38.1 Å². The highest BCUT2D eigenvalue weighted by Gasteiger charge is 2.62. The summed E-state index contributed by atoms with van der Waals surface area (Å²) >= 11 is 0. The van der Waals surface area contributed by atoms with Gasteiger partial charge in [0.15, 0.2) is 0 Å². The van der Waals surface area contributed by atoms with Gasteiger partial charge in [-0.1, -0.05) is 43.7 Å². The lowest BCUT2D eigenvalue weighted by molar-refractivity contribution is -0.170. The zero-order chi connectivity index (χ0) is 20.4. The maximum Gasteiger partial charge on any atom is 0.240 e. The summed E-state index contributed by atoms with van der Waals surface area (Å²) in [6.07, 6.45) is 0.590. The van der Waals surface area contributed by atoms with Crippen molar-refractivity contribution in [2.24, 2.45) is 11.1 Å². The molecule has 2 fully saturated rings. The van der Waals surface area contributed by atoms with Crippen LogP contribution in [0.5, 0.6) is 0 Å². The number of nitrogens with one attached hydrogen (secondary N) is 1. The van der Waals surface area contributed by atoms with Crippen molar-refractivity contribution in [2.75, 3.05) is 39.5 Å². The highest BCUT2D eigenvalue weighted by molar-refractivity contribution is 5.88. The van der Waals surface area contributed by atoms with E-state index in [0.717, 1.165) is 26.3 Å². The number of benzene rings is 1. The number of ether oxygens (including phenoxy) is 2. The summed E-state index contributed by atoms with van der Waals surface area (Å²) in [4.78, 5) is 15.4. The molecule has 156 valence electrons. The first kappa shape index (κ1) is 21.2. The van der Waals surface area contributed by atoms with Gasteiger partial charge >= 0.3 is 0 Å². The fourth-order valence-electron chi connectivity index (χ4n) is 4.39. The summed E-state index contributed by atoms with van der Waals surface area (Å²) in [6.45, 7) is 12.5. The van der Waals surface area contributed by atoms with Gasteiger partial charge in [-0.25, -0.2) is 0 Å². The molecule has 28 heavy (non-hydrogen) atoms. The van der Waals surface area contributed by atoms with Crippen molar-refractivity contribution in [3.63, 3.8) is 0 Å². The predicted molar refractivity (Wildman–Crippen MR) is 110 cm³/mol. The molecule has 2 aliphatic rings. The first-order valence-corrected chi connectivity index (χ1v) is 10.4. The zero-order valence-corrected chi connectivity index (χ0v) is 17.7. The van der Waals surface area contributed by atoms with E-state index in [2.05, 4.69) is 41.4 Å².